The van der Waals surface area contributed by atoms with Crippen LogP contribution in [0.15, 0.2) is 54.6 Å². The monoisotopic (exact) mass is 580 g/mol. The molecule has 1 aliphatic carbocycles. The van der Waals surface area contributed by atoms with Crippen LogP contribution < -0.4 is 26.0 Å². The van der Waals surface area contributed by atoms with Gasteiger partial charge in [0, 0.05) is 30.1 Å². The average molecular weight is 581 g/mol. The van der Waals surface area contributed by atoms with E-state index in [1.54, 1.807) is 12.1 Å². The highest BCUT2D eigenvalue weighted by atomic mass is 35.5. The number of halogens is 1. The van der Waals surface area contributed by atoms with E-state index in [0.717, 1.165) is 29.7 Å². The molecule has 0 radical (unpaired) electrons. The van der Waals surface area contributed by atoms with Gasteiger partial charge < -0.3 is 26.0 Å². The summed E-state index contributed by atoms with van der Waals surface area (Å²) < 4.78 is 6.04. The predicted octanol–water partition coefficient (Wildman–Crippen LogP) is 4.02. The zero-order chi connectivity index (χ0) is 29.2. The fourth-order valence-electron chi connectivity index (χ4n) is 5.48. The molecular formula is C32H41ClN4O4. The van der Waals surface area contributed by atoms with Crippen LogP contribution in [0.5, 0.6) is 5.75 Å². The summed E-state index contributed by atoms with van der Waals surface area (Å²) in [5, 5.41) is 12.9. The van der Waals surface area contributed by atoms with Crippen molar-refractivity contribution in [1.82, 2.24) is 21.3 Å². The van der Waals surface area contributed by atoms with E-state index in [2.05, 4.69) is 35.1 Å². The molecule has 1 fully saturated rings. The lowest BCUT2D eigenvalue weighted by atomic mass is 9.93. The zero-order valence-corrected chi connectivity index (χ0v) is 24.6. The van der Waals surface area contributed by atoms with Crippen LogP contribution in [0.2, 0.25) is 5.02 Å². The SMILES string of the molecule is CC(C)C[C@@H]1NCCOc2ccccc2C=CCNC(=O)[C@H](Cc2cccc(Cl)c2)NC(=O)C2(CCCC2)NC1=O. The van der Waals surface area contributed by atoms with Crippen molar-refractivity contribution in [2.75, 3.05) is 19.7 Å². The summed E-state index contributed by atoms with van der Waals surface area (Å²) in [5.74, 6) is 0.132. The van der Waals surface area contributed by atoms with Crippen molar-refractivity contribution in [3.63, 3.8) is 0 Å². The van der Waals surface area contributed by atoms with E-state index in [-0.39, 0.29) is 36.6 Å². The maximum Gasteiger partial charge on any atom is 0.246 e. The molecule has 41 heavy (non-hydrogen) atoms. The van der Waals surface area contributed by atoms with Crippen LogP contribution in [0.3, 0.4) is 0 Å². The smallest absolute Gasteiger partial charge is 0.246 e. The molecule has 4 N–H and O–H groups in total. The highest BCUT2D eigenvalue weighted by Gasteiger charge is 2.44. The third kappa shape index (κ3) is 8.57. The summed E-state index contributed by atoms with van der Waals surface area (Å²) in [6, 6.07) is 13.6. The zero-order valence-electron chi connectivity index (χ0n) is 23.9. The molecule has 0 bridgehead atoms. The summed E-state index contributed by atoms with van der Waals surface area (Å²) in [4.78, 5) is 40.9. The van der Waals surface area contributed by atoms with Crippen molar-refractivity contribution in [3.05, 3.63) is 70.8 Å². The van der Waals surface area contributed by atoms with Crippen LogP contribution in [-0.4, -0.2) is 55.0 Å². The second kappa shape index (κ2) is 14.5. The molecule has 3 amide bonds. The minimum absolute atomic E-state index is 0.212. The van der Waals surface area contributed by atoms with E-state index in [1.165, 1.54) is 0 Å². The molecule has 0 aromatic heterocycles. The standard InChI is InChI=1S/C32H41ClN4O4/c1-22(2)19-26-30(39)37-32(14-5-6-15-32)31(40)36-27(21-23-9-7-12-25(33)20-23)29(38)35-16-8-11-24-10-3-4-13-28(24)41-18-17-34-26/h3-4,7-13,20,22,26-27,34H,5-6,14-19,21H2,1-2H3,(H,35,38)(H,36,40)(H,37,39)/t26-,27-/m0/s1. The Bertz CT molecular complexity index is 1240. The van der Waals surface area contributed by atoms with Crippen LogP contribution in [0.25, 0.3) is 6.08 Å². The largest absolute Gasteiger partial charge is 0.492 e. The topological polar surface area (TPSA) is 109 Å². The van der Waals surface area contributed by atoms with Crippen LogP contribution in [0, 0.1) is 5.92 Å². The summed E-state index contributed by atoms with van der Waals surface area (Å²) >= 11 is 6.21. The molecule has 2 aliphatic rings. The highest BCUT2D eigenvalue weighted by Crippen LogP contribution is 2.31. The van der Waals surface area contributed by atoms with E-state index in [9.17, 15) is 14.4 Å². The maximum atomic E-state index is 13.9. The van der Waals surface area contributed by atoms with Crippen molar-refractivity contribution in [3.8, 4) is 5.75 Å². The minimum atomic E-state index is -1.07. The number of hydrogen-bond acceptors (Lipinski definition) is 5. The van der Waals surface area contributed by atoms with E-state index in [0.29, 0.717) is 37.4 Å². The number of para-hydroxylation sites is 1. The molecule has 2 aromatic rings. The first-order valence-corrected chi connectivity index (χ1v) is 14.9. The molecule has 2 atom stereocenters. The summed E-state index contributed by atoms with van der Waals surface area (Å²) in [5.41, 5.74) is 0.639. The highest BCUT2D eigenvalue weighted by molar-refractivity contribution is 6.30. The third-order valence-corrected chi connectivity index (χ3v) is 7.82. The Morgan fingerprint density at radius 3 is 2.54 bits per heavy atom. The Hall–Kier alpha value is -3.36. The molecule has 220 valence electrons. The molecule has 1 spiro atoms. The van der Waals surface area contributed by atoms with Crippen LogP contribution in [0.1, 0.15) is 57.1 Å². The van der Waals surface area contributed by atoms with Crippen molar-refractivity contribution in [2.45, 2.75) is 70.0 Å². The van der Waals surface area contributed by atoms with E-state index in [4.69, 9.17) is 16.3 Å². The van der Waals surface area contributed by atoms with Gasteiger partial charge in [-0.25, -0.2) is 0 Å². The van der Waals surface area contributed by atoms with Gasteiger partial charge in [0.25, 0.3) is 0 Å². The third-order valence-electron chi connectivity index (χ3n) is 7.59. The van der Waals surface area contributed by atoms with Gasteiger partial charge in [-0.15, -0.1) is 0 Å². The number of fused-ring (bicyclic) bond motifs is 1. The van der Waals surface area contributed by atoms with E-state index < -0.39 is 17.6 Å². The Labute approximate surface area is 247 Å². The van der Waals surface area contributed by atoms with Gasteiger partial charge in [0.1, 0.15) is 23.9 Å². The lowest BCUT2D eigenvalue weighted by Crippen LogP contribution is -2.63. The first-order chi connectivity index (χ1) is 19.8. The molecule has 0 saturated heterocycles. The van der Waals surface area contributed by atoms with Crippen molar-refractivity contribution in [2.24, 2.45) is 5.92 Å². The second-order valence-corrected chi connectivity index (χ2v) is 11.7. The fourth-order valence-corrected chi connectivity index (χ4v) is 5.70. The predicted molar refractivity (Wildman–Crippen MR) is 162 cm³/mol. The number of benzene rings is 2. The van der Waals surface area contributed by atoms with E-state index >= 15 is 0 Å². The second-order valence-electron chi connectivity index (χ2n) is 11.3. The van der Waals surface area contributed by atoms with Crippen molar-refractivity contribution < 1.29 is 19.1 Å². The molecule has 0 unspecified atom stereocenters. The minimum Gasteiger partial charge on any atom is -0.492 e. The molecule has 2 aromatic carbocycles. The molecule has 9 heteroatoms. The number of carbonyl (C=O) groups excluding carboxylic acids is 3. The molecular weight excluding hydrogens is 540 g/mol. The lowest BCUT2D eigenvalue weighted by molar-refractivity contribution is -0.136. The number of ether oxygens (including phenoxy) is 1. The Balaban J connectivity index is 1.63. The summed E-state index contributed by atoms with van der Waals surface area (Å²) in [7, 11) is 0. The normalized spacial score (nSPS) is 22.2. The van der Waals surface area contributed by atoms with Crippen molar-refractivity contribution >= 4 is 35.4 Å². The van der Waals surface area contributed by atoms with Crippen LogP contribution in [0.4, 0.5) is 0 Å². The fraction of sp³-hybridized carbons (Fsp3) is 0.469. The Kier molecular flexibility index (Phi) is 10.8. The maximum absolute atomic E-state index is 13.9. The summed E-state index contributed by atoms with van der Waals surface area (Å²) in [6.07, 6.45) is 7.32. The van der Waals surface area contributed by atoms with Gasteiger partial charge in [-0.3, -0.25) is 14.4 Å². The van der Waals surface area contributed by atoms with Gasteiger partial charge in [0.2, 0.25) is 17.7 Å². The quantitative estimate of drug-likeness (QED) is 0.437. The lowest BCUT2D eigenvalue weighted by Gasteiger charge is -2.33. The van der Waals surface area contributed by atoms with Gasteiger partial charge in [-0.1, -0.05) is 80.8 Å². The number of amides is 3. The molecule has 1 saturated carbocycles. The van der Waals surface area contributed by atoms with Gasteiger partial charge >= 0.3 is 0 Å². The number of hydrogen-bond donors (Lipinski definition) is 4. The van der Waals surface area contributed by atoms with Crippen LogP contribution in [-0.2, 0) is 20.8 Å². The Morgan fingerprint density at radius 2 is 1.78 bits per heavy atom. The molecule has 1 heterocycles. The van der Waals surface area contributed by atoms with Gasteiger partial charge in [-0.2, -0.15) is 0 Å². The molecule has 8 nitrogen and oxygen atoms in total. The number of nitrogens with one attached hydrogen (secondary N) is 4. The molecule has 1 aliphatic heterocycles. The van der Waals surface area contributed by atoms with E-state index in [1.807, 2.05) is 48.6 Å². The number of rotatable bonds is 4. The molecule has 4 rings (SSSR count). The summed E-state index contributed by atoms with van der Waals surface area (Å²) in [6.45, 7) is 5.25. The van der Waals surface area contributed by atoms with Gasteiger partial charge in [-0.05, 0) is 48.9 Å². The van der Waals surface area contributed by atoms with Gasteiger partial charge in [0.15, 0.2) is 0 Å². The number of carbonyl (C=O) groups is 3. The van der Waals surface area contributed by atoms with Crippen molar-refractivity contribution in [1.29, 1.82) is 0 Å². The Morgan fingerprint density at radius 1 is 1.00 bits per heavy atom. The average Bonchev–Trinajstić information content (AvgIpc) is 3.42. The van der Waals surface area contributed by atoms with Crippen LogP contribution >= 0.6 is 11.6 Å². The van der Waals surface area contributed by atoms with Gasteiger partial charge in [0.05, 0.1) is 6.04 Å². The first kappa shape index (κ1) is 30.6. The first-order valence-electron chi connectivity index (χ1n) is 14.5.